The number of hydrogen-bond acceptors (Lipinski definition) is 3. The van der Waals surface area contributed by atoms with Crippen LogP contribution in [0.2, 0.25) is 0 Å². The molecule has 0 aliphatic carbocycles. The minimum atomic E-state index is -0.138. The van der Waals surface area contributed by atoms with Crippen LogP contribution in [0.25, 0.3) is 0 Å². The number of methoxy groups -OCH3 is 1. The molecular formula is C11H21N3O2. The van der Waals surface area contributed by atoms with Crippen LogP contribution in [0, 0.1) is 5.92 Å². The molecule has 0 radical (unpaired) electrons. The number of aliphatic imine (C=N–C) groups is 1. The maximum Gasteiger partial charge on any atom is 0.249 e. The van der Waals surface area contributed by atoms with Crippen molar-refractivity contribution in [3.8, 4) is 0 Å². The first-order valence-corrected chi connectivity index (χ1v) is 5.79. The number of carbonyl (C=O) groups excluding carboxylic acids is 1. The van der Waals surface area contributed by atoms with Gasteiger partial charge in [-0.05, 0) is 12.3 Å². The van der Waals surface area contributed by atoms with Gasteiger partial charge in [0.25, 0.3) is 0 Å². The Morgan fingerprint density at radius 3 is 2.94 bits per heavy atom. The summed E-state index contributed by atoms with van der Waals surface area (Å²) in [5, 5.41) is 5.86. The van der Waals surface area contributed by atoms with Gasteiger partial charge in [0.15, 0.2) is 5.96 Å². The number of nitrogens with one attached hydrogen (secondary N) is 2. The molecule has 2 N–H and O–H groups in total. The lowest BCUT2D eigenvalue weighted by Crippen LogP contribution is -2.35. The van der Waals surface area contributed by atoms with Crippen LogP contribution in [-0.4, -0.2) is 38.2 Å². The van der Waals surface area contributed by atoms with Gasteiger partial charge in [0, 0.05) is 7.11 Å². The third kappa shape index (κ3) is 3.48. The van der Waals surface area contributed by atoms with Crippen LogP contribution in [0.3, 0.4) is 0 Å². The Bertz CT molecular complexity index is 266. The highest BCUT2D eigenvalue weighted by Crippen LogP contribution is 2.13. The zero-order chi connectivity index (χ0) is 12.0. The summed E-state index contributed by atoms with van der Waals surface area (Å²) in [6, 6.07) is -0.138. The summed E-state index contributed by atoms with van der Waals surface area (Å²) in [5.41, 5.74) is 0. The summed E-state index contributed by atoms with van der Waals surface area (Å²) in [4.78, 5) is 15.9. The molecule has 1 saturated heterocycles. The molecule has 1 fully saturated rings. The third-order valence-corrected chi connectivity index (χ3v) is 2.69. The predicted molar refractivity (Wildman–Crippen MR) is 63.3 cm³/mol. The van der Waals surface area contributed by atoms with E-state index in [1.165, 1.54) is 0 Å². The van der Waals surface area contributed by atoms with Crippen molar-refractivity contribution in [1.29, 1.82) is 0 Å². The van der Waals surface area contributed by atoms with Crippen LogP contribution in [0.4, 0.5) is 0 Å². The lowest BCUT2D eigenvalue weighted by molar-refractivity contribution is -0.121. The molecule has 1 aliphatic rings. The minimum absolute atomic E-state index is 0.0251. The second kappa shape index (κ2) is 6.48. The Balaban J connectivity index is 2.46. The van der Waals surface area contributed by atoms with Crippen molar-refractivity contribution in [2.75, 3.05) is 20.3 Å². The van der Waals surface area contributed by atoms with Gasteiger partial charge < -0.3 is 10.1 Å². The van der Waals surface area contributed by atoms with Gasteiger partial charge in [-0.15, -0.1) is 0 Å². The number of hydrogen-bond donors (Lipinski definition) is 2. The van der Waals surface area contributed by atoms with Gasteiger partial charge in [-0.1, -0.05) is 20.3 Å². The average molecular weight is 227 g/mol. The van der Waals surface area contributed by atoms with Crippen molar-refractivity contribution < 1.29 is 9.53 Å². The summed E-state index contributed by atoms with van der Waals surface area (Å²) in [7, 11) is 1.63. The number of amides is 1. The molecule has 1 rings (SSSR count). The summed E-state index contributed by atoms with van der Waals surface area (Å²) < 4.78 is 4.89. The lowest BCUT2D eigenvalue weighted by atomic mass is 9.97. The summed E-state index contributed by atoms with van der Waals surface area (Å²) in [6.45, 7) is 5.33. The van der Waals surface area contributed by atoms with E-state index in [4.69, 9.17) is 4.74 Å². The fourth-order valence-electron chi connectivity index (χ4n) is 1.80. The van der Waals surface area contributed by atoms with Crippen LogP contribution in [0.15, 0.2) is 4.99 Å². The Morgan fingerprint density at radius 2 is 2.31 bits per heavy atom. The van der Waals surface area contributed by atoms with Gasteiger partial charge in [-0.25, -0.2) is 0 Å². The first kappa shape index (κ1) is 13.0. The highest BCUT2D eigenvalue weighted by atomic mass is 16.5. The van der Waals surface area contributed by atoms with Crippen LogP contribution >= 0.6 is 0 Å². The molecule has 1 heterocycles. The number of rotatable bonds is 6. The molecule has 5 nitrogen and oxygen atoms in total. The first-order valence-electron chi connectivity index (χ1n) is 5.79. The molecule has 2 unspecified atom stereocenters. The van der Waals surface area contributed by atoms with E-state index in [1.807, 2.05) is 0 Å². The third-order valence-electron chi connectivity index (χ3n) is 2.69. The highest BCUT2D eigenvalue weighted by molar-refractivity contribution is 6.06. The fraction of sp³-hybridized carbons (Fsp3) is 0.818. The molecule has 0 spiro atoms. The number of guanidine groups is 1. The SMILES string of the molecule is CCCC(C)C1NC(=NCCOC)NC1=O. The monoisotopic (exact) mass is 227 g/mol. The number of nitrogens with zero attached hydrogens (tertiary/aromatic N) is 1. The molecule has 1 amide bonds. The van der Waals surface area contributed by atoms with E-state index in [0.717, 1.165) is 12.8 Å². The van der Waals surface area contributed by atoms with Crippen LogP contribution in [0.1, 0.15) is 26.7 Å². The molecule has 5 heteroatoms. The van der Waals surface area contributed by atoms with Gasteiger partial charge in [0.2, 0.25) is 5.91 Å². The van der Waals surface area contributed by atoms with Gasteiger partial charge in [0.05, 0.1) is 13.2 Å². The molecule has 0 bridgehead atoms. The fourth-order valence-corrected chi connectivity index (χ4v) is 1.80. The summed E-state index contributed by atoms with van der Waals surface area (Å²) in [5.74, 6) is 0.937. The maximum atomic E-state index is 11.6. The van der Waals surface area contributed by atoms with Crippen LogP contribution in [-0.2, 0) is 9.53 Å². The zero-order valence-corrected chi connectivity index (χ0v) is 10.2. The van der Waals surface area contributed by atoms with Crippen molar-refractivity contribution in [1.82, 2.24) is 10.6 Å². The molecule has 0 aromatic carbocycles. The van der Waals surface area contributed by atoms with Crippen molar-refractivity contribution >= 4 is 11.9 Å². The Hall–Kier alpha value is -1.10. The van der Waals surface area contributed by atoms with E-state index in [9.17, 15) is 4.79 Å². The molecule has 0 aromatic rings. The smallest absolute Gasteiger partial charge is 0.249 e. The van der Waals surface area contributed by atoms with E-state index in [-0.39, 0.29) is 11.9 Å². The molecule has 2 atom stereocenters. The molecular weight excluding hydrogens is 206 g/mol. The largest absolute Gasteiger partial charge is 0.383 e. The highest BCUT2D eigenvalue weighted by Gasteiger charge is 2.31. The van der Waals surface area contributed by atoms with Crippen molar-refractivity contribution in [2.24, 2.45) is 10.9 Å². The Labute approximate surface area is 96.7 Å². The first-order chi connectivity index (χ1) is 7.69. The normalized spacial score (nSPS) is 24.3. The zero-order valence-electron chi connectivity index (χ0n) is 10.2. The molecule has 0 aromatic heterocycles. The van der Waals surface area contributed by atoms with E-state index < -0.39 is 0 Å². The minimum Gasteiger partial charge on any atom is -0.383 e. The number of ether oxygens (including phenoxy) is 1. The molecule has 16 heavy (non-hydrogen) atoms. The van der Waals surface area contributed by atoms with Crippen molar-refractivity contribution in [2.45, 2.75) is 32.7 Å². The van der Waals surface area contributed by atoms with Gasteiger partial charge in [0.1, 0.15) is 6.04 Å². The van der Waals surface area contributed by atoms with E-state index in [1.54, 1.807) is 7.11 Å². The topological polar surface area (TPSA) is 62.7 Å². The molecule has 1 aliphatic heterocycles. The predicted octanol–water partition coefficient (Wildman–Crippen LogP) is 0.513. The van der Waals surface area contributed by atoms with E-state index in [0.29, 0.717) is 25.0 Å². The quantitative estimate of drug-likeness (QED) is 0.650. The Kier molecular flexibility index (Phi) is 5.25. The average Bonchev–Trinajstić information content (AvgIpc) is 2.61. The van der Waals surface area contributed by atoms with Gasteiger partial charge in [-0.3, -0.25) is 15.1 Å². The second-order valence-corrected chi connectivity index (χ2v) is 4.10. The second-order valence-electron chi connectivity index (χ2n) is 4.10. The molecule has 0 saturated carbocycles. The van der Waals surface area contributed by atoms with Crippen molar-refractivity contribution in [3.05, 3.63) is 0 Å². The van der Waals surface area contributed by atoms with E-state index in [2.05, 4.69) is 29.5 Å². The molecule has 92 valence electrons. The maximum absolute atomic E-state index is 11.6. The number of carbonyl (C=O) groups is 1. The van der Waals surface area contributed by atoms with Gasteiger partial charge in [-0.2, -0.15) is 0 Å². The van der Waals surface area contributed by atoms with Gasteiger partial charge >= 0.3 is 0 Å². The summed E-state index contributed by atoms with van der Waals surface area (Å²) >= 11 is 0. The lowest BCUT2D eigenvalue weighted by Gasteiger charge is -2.15. The standard InChI is InChI=1S/C11H21N3O2/c1-4-5-8(2)9-10(15)14-11(13-9)12-6-7-16-3/h8-9H,4-7H2,1-3H3,(H2,12,13,14,15). The van der Waals surface area contributed by atoms with Crippen LogP contribution < -0.4 is 10.6 Å². The van der Waals surface area contributed by atoms with Crippen molar-refractivity contribution in [3.63, 3.8) is 0 Å². The summed E-state index contributed by atoms with van der Waals surface area (Å²) in [6.07, 6.45) is 2.12. The van der Waals surface area contributed by atoms with Crippen LogP contribution in [0.5, 0.6) is 0 Å². The van der Waals surface area contributed by atoms with E-state index >= 15 is 0 Å². The Morgan fingerprint density at radius 1 is 1.56 bits per heavy atom.